The molecule has 1 rings (SSSR count). The van der Waals surface area contributed by atoms with Gasteiger partial charge >= 0.3 is 6.36 Å². The van der Waals surface area contributed by atoms with Crippen molar-refractivity contribution in [3.63, 3.8) is 0 Å². The topological polar surface area (TPSA) is 21.3 Å². The summed E-state index contributed by atoms with van der Waals surface area (Å²) in [5, 5.41) is 2.83. The van der Waals surface area contributed by atoms with E-state index < -0.39 is 12.5 Å². The van der Waals surface area contributed by atoms with Crippen LogP contribution in [0.2, 0.25) is 0 Å². The minimum Gasteiger partial charge on any atom is -1.00 e. The van der Waals surface area contributed by atoms with Gasteiger partial charge in [-0.15, -0.1) is 13.2 Å². The van der Waals surface area contributed by atoms with Gasteiger partial charge in [0, 0.05) is 6.54 Å². The first-order valence-electron chi connectivity index (χ1n) is 3.53. The lowest BCUT2D eigenvalue weighted by Gasteiger charge is -2.23. The molecule has 1 aliphatic rings. The van der Waals surface area contributed by atoms with E-state index in [0.717, 1.165) is 13.0 Å². The Morgan fingerprint density at radius 1 is 1.33 bits per heavy atom. The van der Waals surface area contributed by atoms with Crippen LogP contribution >= 0.6 is 0 Å². The zero-order valence-electron chi connectivity index (χ0n) is 6.33. The predicted molar refractivity (Wildman–Crippen MR) is 33.0 cm³/mol. The first-order valence-corrected chi connectivity index (χ1v) is 3.53. The number of halogens is 4. The van der Waals surface area contributed by atoms with Crippen molar-refractivity contribution in [1.82, 2.24) is 5.32 Å². The van der Waals surface area contributed by atoms with E-state index in [1.165, 1.54) is 0 Å². The molecule has 1 atom stereocenters. The van der Waals surface area contributed by atoms with Gasteiger partial charge in [-0.25, -0.2) is 0 Å². The van der Waals surface area contributed by atoms with Crippen LogP contribution in [-0.4, -0.2) is 25.6 Å². The van der Waals surface area contributed by atoms with Crippen molar-refractivity contribution in [2.24, 2.45) is 0 Å². The summed E-state index contributed by atoms with van der Waals surface area (Å²) in [6.45, 7) is 1.09. The van der Waals surface area contributed by atoms with E-state index in [1.54, 1.807) is 0 Å². The van der Waals surface area contributed by atoms with Crippen LogP contribution in [0.25, 0.3) is 0 Å². The van der Waals surface area contributed by atoms with Gasteiger partial charge in [0.05, 0.1) is 6.10 Å². The van der Waals surface area contributed by atoms with E-state index in [1.807, 2.05) is 0 Å². The third-order valence-corrected chi connectivity index (χ3v) is 1.55. The van der Waals surface area contributed by atoms with Crippen molar-refractivity contribution in [1.29, 1.82) is 0 Å². The fourth-order valence-electron chi connectivity index (χ4n) is 1.11. The molecule has 12 heavy (non-hydrogen) atoms. The minimum absolute atomic E-state index is 0. The number of piperidine rings is 1. The second kappa shape index (κ2) is 4.89. The SMILES string of the molecule is FC(F)(F)OC1CCCNC1.[Cl-]. The van der Waals surface area contributed by atoms with Crippen LogP contribution in [0, 0.1) is 0 Å². The van der Waals surface area contributed by atoms with E-state index >= 15 is 0 Å². The number of nitrogens with one attached hydrogen (secondary N) is 1. The first-order chi connectivity index (χ1) is 5.08. The maximum atomic E-state index is 11.6. The van der Waals surface area contributed by atoms with Crippen LogP contribution < -0.4 is 17.7 Å². The third-order valence-electron chi connectivity index (χ3n) is 1.55. The lowest BCUT2D eigenvalue weighted by Crippen LogP contribution is -3.00. The molecule has 2 nitrogen and oxygen atoms in total. The molecule has 0 aromatic heterocycles. The molecule has 0 aromatic carbocycles. The molecule has 1 fully saturated rings. The Hall–Kier alpha value is 0. The van der Waals surface area contributed by atoms with Crippen LogP contribution in [0.1, 0.15) is 12.8 Å². The largest absolute Gasteiger partial charge is 1.00 e. The second-order valence-electron chi connectivity index (χ2n) is 2.53. The van der Waals surface area contributed by atoms with E-state index in [2.05, 4.69) is 10.1 Å². The average molecular weight is 205 g/mol. The number of hydrogen-bond donors (Lipinski definition) is 1. The second-order valence-corrected chi connectivity index (χ2v) is 2.53. The van der Waals surface area contributed by atoms with E-state index in [4.69, 9.17) is 0 Å². The quantitative estimate of drug-likeness (QED) is 0.549. The van der Waals surface area contributed by atoms with E-state index in [9.17, 15) is 13.2 Å². The predicted octanol–water partition coefficient (Wildman–Crippen LogP) is -1.72. The molecule has 1 unspecified atom stereocenters. The zero-order valence-corrected chi connectivity index (χ0v) is 7.08. The molecule has 0 aromatic rings. The lowest BCUT2D eigenvalue weighted by atomic mass is 10.1. The number of alkyl halides is 3. The molecule has 0 amide bonds. The molecule has 74 valence electrons. The highest BCUT2D eigenvalue weighted by Crippen LogP contribution is 2.21. The summed E-state index contributed by atoms with van der Waals surface area (Å²) < 4.78 is 38.6. The minimum atomic E-state index is -4.48. The molecular weight excluding hydrogens is 195 g/mol. The van der Waals surface area contributed by atoms with E-state index in [-0.39, 0.29) is 12.4 Å². The molecule has 1 aliphatic heterocycles. The van der Waals surface area contributed by atoms with E-state index in [0.29, 0.717) is 13.0 Å². The average Bonchev–Trinajstić information content (AvgIpc) is 1.85. The first kappa shape index (κ1) is 12.0. The number of hydrogen-bond acceptors (Lipinski definition) is 2. The van der Waals surface area contributed by atoms with Gasteiger partial charge in [0.15, 0.2) is 0 Å². The van der Waals surface area contributed by atoms with Crippen molar-refractivity contribution in [3.8, 4) is 0 Å². The summed E-state index contributed by atoms with van der Waals surface area (Å²) in [6, 6.07) is 0. The van der Waals surface area contributed by atoms with Gasteiger partial charge in [-0.1, -0.05) is 0 Å². The van der Waals surface area contributed by atoms with Gasteiger partial charge < -0.3 is 17.7 Å². The standard InChI is InChI=1S/C6H10F3NO.ClH/c7-6(8,9)11-5-2-1-3-10-4-5;/h5,10H,1-4H2;1H/p-1. The third kappa shape index (κ3) is 4.79. The maximum Gasteiger partial charge on any atom is 0.522 e. The highest BCUT2D eigenvalue weighted by molar-refractivity contribution is 4.68. The summed E-state index contributed by atoms with van der Waals surface area (Å²) in [5.41, 5.74) is 0. The molecule has 0 spiro atoms. The van der Waals surface area contributed by atoms with Gasteiger partial charge in [-0.3, -0.25) is 4.74 Å². The summed E-state index contributed by atoms with van der Waals surface area (Å²) in [6.07, 6.45) is -3.93. The van der Waals surface area contributed by atoms with Gasteiger partial charge in [0.1, 0.15) is 0 Å². The fourth-order valence-corrected chi connectivity index (χ4v) is 1.11. The molecular formula is C6H10ClF3NO-. The molecule has 0 saturated carbocycles. The molecule has 1 heterocycles. The van der Waals surface area contributed by atoms with Crippen LogP contribution in [0.15, 0.2) is 0 Å². The normalized spacial score (nSPS) is 24.8. The molecule has 1 N–H and O–H groups in total. The highest BCUT2D eigenvalue weighted by Gasteiger charge is 2.33. The van der Waals surface area contributed by atoms with Crippen LogP contribution in [0.5, 0.6) is 0 Å². The van der Waals surface area contributed by atoms with Crippen LogP contribution in [-0.2, 0) is 4.74 Å². The Morgan fingerprint density at radius 2 is 2.00 bits per heavy atom. The Kier molecular flexibility index (Phi) is 4.89. The van der Waals surface area contributed by atoms with Crippen LogP contribution in [0.4, 0.5) is 13.2 Å². The van der Waals surface area contributed by atoms with Crippen molar-refractivity contribution in [2.45, 2.75) is 25.3 Å². The smallest absolute Gasteiger partial charge is 0.522 e. The summed E-state index contributed by atoms with van der Waals surface area (Å²) >= 11 is 0. The van der Waals surface area contributed by atoms with Crippen molar-refractivity contribution in [3.05, 3.63) is 0 Å². The summed E-state index contributed by atoms with van der Waals surface area (Å²) in [4.78, 5) is 0. The molecule has 0 radical (unpaired) electrons. The summed E-state index contributed by atoms with van der Waals surface area (Å²) in [5.74, 6) is 0. The van der Waals surface area contributed by atoms with Gasteiger partial charge in [-0.05, 0) is 19.4 Å². The lowest BCUT2D eigenvalue weighted by molar-refractivity contribution is -0.343. The van der Waals surface area contributed by atoms with Gasteiger partial charge in [-0.2, -0.15) is 0 Å². The fraction of sp³-hybridized carbons (Fsp3) is 1.00. The van der Waals surface area contributed by atoms with Gasteiger partial charge in [0.25, 0.3) is 0 Å². The Bertz CT molecular complexity index is 124. The van der Waals surface area contributed by atoms with Gasteiger partial charge in [0.2, 0.25) is 0 Å². The molecule has 1 saturated heterocycles. The number of rotatable bonds is 1. The Balaban J connectivity index is 0.00000121. The van der Waals surface area contributed by atoms with Crippen molar-refractivity contribution in [2.75, 3.05) is 13.1 Å². The molecule has 0 bridgehead atoms. The molecule has 6 heteroatoms. The Morgan fingerprint density at radius 3 is 2.42 bits per heavy atom. The number of ether oxygens (including phenoxy) is 1. The summed E-state index contributed by atoms with van der Waals surface area (Å²) in [7, 11) is 0. The highest BCUT2D eigenvalue weighted by atomic mass is 35.5. The maximum absolute atomic E-state index is 11.6. The Labute approximate surface area is 74.9 Å². The monoisotopic (exact) mass is 204 g/mol. The molecule has 0 aliphatic carbocycles. The van der Waals surface area contributed by atoms with Crippen molar-refractivity contribution < 1.29 is 30.3 Å². The van der Waals surface area contributed by atoms with Crippen LogP contribution in [0.3, 0.4) is 0 Å². The van der Waals surface area contributed by atoms with Crippen molar-refractivity contribution >= 4 is 0 Å². The zero-order chi connectivity index (χ0) is 8.32.